The fourth-order valence-electron chi connectivity index (χ4n) is 1.12. The van der Waals surface area contributed by atoms with Crippen molar-refractivity contribution < 1.29 is 9.21 Å². The quantitative estimate of drug-likeness (QED) is 0.845. The van der Waals surface area contributed by atoms with E-state index >= 15 is 0 Å². The second-order valence-corrected chi connectivity index (χ2v) is 4.30. The van der Waals surface area contributed by atoms with Crippen LogP contribution >= 0.6 is 0 Å². The Labute approximate surface area is 95.2 Å². The molecular formula is C12H16N2O2. The molecule has 0 aliphatic heterocycles. The molecule has 0 aromatic carbocycles. The summed E-state index contributed by atoms with van der Waals surface area (Å²) in [5.41, 5.74) is -0.560. The van der Waals surface area contributed by atoms with E-state index < -0.39 is 5.41 Å². The molecule has 4 heteroatoms. The highest BCUT2D eigenvalue weighted by Crippen LogP contribution is 2.12. The molecule has 0 radical (unpaired) electrons. The van der Waals surface area contributed by atoms with Gasteiger partial charge in [-0.3, -0.25) is 4.79 Å². The zero-order chi connectivity index (χ0) is 12.2. The van der Waals surface area contributed by atoms with Crippen LogP contribution in [0.15, 0.2) is 16.5 Å². The normalized spacial score (nSPS) is 10.9. The summed E-state index contributed by atoms with van der Waals surface area (Å²) < 4.78 is 5.30. The van der Waals surface area contributed by atoms with Gasteiger partial charge in [-0.1, -0.05) is 6.92 Å². The van der Waals surface area contributed by atoms with Crippen LogP contribution in [0.25, 0.3) is 0 Å². The van der Waals surface area contributed by atoms with Crippen molar-refractivity contribution in [2.45, 2.75) is 27.2 Å². The molecule has 1 N–H and O–H groups in total. The maximum atomic E-state index is 11.6. The molecule has 0 fully saturated rings. The first kappa shape index (κ1) is 12.3. The van der Waals surface area contributed by atoms with Gasteiger partial charge in [-0.25, -0.2) is 0 Å². The molecule has 86 valence electrons. The van der Waals surface area contributed by atoms with Crippen molar-refractivity contribution in [2.24, 2.45) is 5.41 Å². The Morgan fingerprint density at radius 1 is 1.56 bits per heavy atom. The molecule has 1 rings (SSSR count). The maximum Gasteiger partial charge on any atom is 0.287 e. The number of furan rings is 1. The Balaban J connectivity index is 2.57. The molecule has 0 saturated heterocycles. The number of carbonyl (C=O) groups excluding carboxylic acids is 1. The van der Waals surface area contributed by atoms with Crippen molar-refractivity contribution in [1.29, 1.82) is 5.26 Å². The lowest BCUT2D eigenvalue weighted by atomic mass is 9.96. The minimum Gasteiger partial charge on any atom is -0.456 e. The monoisotopic (exact) mass is 220 g/mol. The van der Waals surface area contributed by atoms with E-state index in [0.29, 0.717) is 12.3 Å². The van der Waals surface area contributed by atoms with Crippen LogP contribution in [0.1, 0.15) is 37.1 Å². The topological polar surface area (TPSA) is 66.0 Å². The molecule has 0 spiro atoms. The average Bonchev–Trinajstić information content (AvgIpc) is 2.74. The highest BCUT2D eigenvalue weighted by Gasteiger charge is 2.19. The maximum absolute atomic E-state index is 11.6. The Kier molecular flexibility index (Phi) is 3.73. The molecule has 1 aromatic heterocycles. The largest absolute Gasteiger partial charge is 0.456 e. The fraction of sp³-hybridized carbons (Fsp3) is 0.500. The smallest absolute Gasteiger partial charge is 0.287 e. The fourth-order valence-corrected chi connectivity index (χ4v) is 1.12. The van der Waals surface area contributed by atoms with Crippen LogP contribution in [0, 0.1) is 16.7 Å². The second kappa shape index (κ2) is 4.84. The van der Waals surface area contributed by atoms with E-state index in [4.69, 9.17) is 9.68 Å². The summed E-state index contributed by atoms with van der Waals surface area (Å²) in [5, 5.41) is 11.5. The van der Waals surface area contributed by atoms with E-state index in [2.05, 4.69) is 11.4 Å². The van der Waals surface area contributed by atoms with E-state index in [1.165, 1.54) is 0 Å². The number of nitriles is 1. The van der Waals surface area contributed by atoms with E-state index in [-0.39, 0.29) is 5.91 Å². The third-order valence-electron chi connectivity index (χ3n) is 2.23. The van der Waals surface area contributed by atoms with Crippen LogP contribution in [0.4, 0.5) is 0 Å². The van der Waals surface area contributed by atoms with Crippen LogP contribution in [-0.4, -0.2) is 12.5 Å². The predicted molar refractivity (Wildman–Crippen MR) is 59.8 cm³/mol. The van der Waals surface area contributed by atoms with Crippen LogP contribution in [-0.2, 0) is 6.42 Å². The number of carbonyl (C=O) groups is 1. The van der Waals surface area contributed by atoms with Crippen LogP contribution < -0.4 is 5.32 Å². The Morgan fingerprint density at radius 2 is 2.25 bits per heavy atom. The van der Waals surface area contributed by atoms with E-state index in [9.17, 15) is 4.79 Å². The van der Waals surface area contributed by atoms with Crippen molar-refractivity contribution in [3.05, 3.63) is 23.7 Å². The highest BCUT2D eigenvalue weighted by atomic mass is 16.3. The summed E-state index contributed by atoms with van der Waals surface area (Å²) in [6, 6.07) is 5.55. The van der Waals surface area contributed by atoms with E-state index in [0.717, 1.165) is 12.2 Å². The summed E-state index contributed by atoms with van der Waals surface area (Å²) in [6.07, 6.45) is 0.761. The summed E-state index contributed by atoms with van der Waals surface area (Å²) in [4.78, 5) is 11.6. The first-order chi connectivity index (χ1) is 7.48. The zero-order valence-electron chi connectivity index (χ0n) is 9.83. The molecule has 1 aromatic rings. The average molecular weight is 220 g/mol. The number of hydrogen-bond donors (Lipinski definition) is 1. The number of nitrogens with one attached hydrogen (secondary N) is 1. The molecule has 1 heterocycles. The van der Waals surface area contributed by atoms with Crippen molar-refractivity contribution in [1.82, 2.24) is 5.32 Å². The van der Waals surface area contributed by atoms with Gasteiger partial charge in [-0.15, -0.1) is 0 Å². The van der Waals surface area contributed by atoms with Crippen molar-refractivity contribution >= 4 is 5.91 Å². The Hall–Kier alpha value is -1.76. The molecule has 0 aliphatic rings. The van der Waals surface area contributed by atoms with Gasteiger partial charge in [0.25, 0.3) is 5.91 Å². The van der Waals surface area contributed by atoms with Crippen LogP contribution in [0.5, 0.6) is 0 Å². The predicted octanol–water partition coefficient (Wildman–Crippen LogP) is 2.12. The molecule has 4 nitrogen and oxygen atoms in total. The molecule has 0 unspecified atom stereocenters. The van der Waals surface area contributed by atoms with Crippen molar-refractivity contribution in [3.8, 4) is 6.07 Å². The van der Waals surface area contributed by atoms with Crippen molar-refractivity contribution in [2.75, 3.05) is 6.54 Å². The van der Waals surface area contributed by atoms with E-state index in [1.54, 1.807) is 26.0 Å². The number of rotatable bonds is 4. The second-order valence-electron chi connectivity index (χ2n) is 4.30. The Bertz CT molecular complexity index is 413. The van der Waals surface area contributed by atoms with E-state index in [1.807, 2.05) is 6.92 Å². The van der Waals surface area contributed by atoms with Gasteiger partial charge in [0.1, 0.15) is 5.76 Å². The SMILES string of the molecule is CCc1ccc(C(=O)NCC(C)(C)C#N)o1. The molecule has 16 heavy (non-hydrogen) atoms. The highest BCUT2D eigenvalue weighted by molar-refractivity contribution is 5.91. The molecule has 0 saturated carbocycles. The summed E-state index contributed by atoms with van der Waals surface area (Å²) in [7, 11) is 0. The van der Waals surface area contributed by atoms with Crippen molar-refractivity contribution in [3.63, 3.8) is 0 Å². The molecule has 0 atom stereocenters. The zero-order valence-corrected chi connectivity index (χ0v) is 9.83. The number of nitrogens with zero attached hydrogens (tertiary/aromatic N) is 1. The summed E-state index contributed by atoms with van der Waals surface area (Å²) in [5.74, 6) is 0.804. The minimum absolute atomic E-state index is 0.275. The number of amides is 1. The first-order valence-corrected chi connectivity index (χ1v) is 5.26. The molecule has 0 bridgehead atoms. The van der Waals surface area contributed by atoms with Gasteiger partial charge >= 0.3 is 0 Å². The minimum atomic E-state index is -0.560. The standard InChI is InChI=1S/C12H16N2O2/c1-4-9-5-6-10(16-9)11(15)14-8-12(2,3)7-13/h5-6H,4,8H2,1-3H3,(H,14,15). The van der Waals surface area contributed by atoms with Gasteiger partial charge in [0.05, 0.1) is 11.5 Å². The molecule has 0 aliphatic carbocycles. The summed E-state index contributed by atoms with van der Waals surface area (Å²) in [6.45, 7) is 5.81. The lowest BCUT2D eigenvalue weighted by molar-refractivity contribution is 0.0914. The van der Waals surface area contributed by atoms with Gasteiger partial charge in [-0.2, -0.15) is 5.26 Å². The van der Waals surface area contributed by atoms with Gasteiger partial charge in [0, 0.05) is 13.0 Å². The van der Waals surface area contributed by atoms with Gasteiger partial charge < -0.3 is 9.73 Å². The Morgan fingerprint density at radius 3 is 2.75 bits per heavy atom. The lowest BCUT2D eigenvalue weighted by Crippen LogP contribution is -2.32. The van der Waals surface area contributed by atoms with Gasteiger partial charge in [0.15, 0.2) is 5.76 Å². The third-order valence-corrected chi connectivity index (χ3v) is 2.23. The summed E-state index contributed by atoms with van der Waals surface area (Å²) >= 11 is 0. The van der Waals surface area contributed by atoms with Crippen LogP contribution in [0.2, 0.25) is 0 Å². The first-order valence-electron chi connectivity index (χ1n) is 5.26. The van der Waals surface area contributed by atoms with Crippen LogP contribution in [0.3, 0.4) is 0 Å². The number of aryl methyl sites for hydroxylation is 1. The molecule has 1 amide bonds. The third kappa shape index (κ3) is 3.13. The lowest BCUT2D eigenvalue weighted by Gasteiger charge is -2.14. The number of hydrogen-bond acceptors (Lipinski definition) is 3. The molecular weight excluding hydrogens is 204 g/mol. The van der Waals surface area contributed by atoms with Gasteiger partial charge in [0.2, 0.25) is 0 Å². The van der Waals surface area contributed by atoms with Gasteiger partial charge in [-0.05, 0) is 26.0 Å².